The summed E-state index contributed by atoms with van der Waals surface area (Å²) in [5.74, 6) is 0. The number of hydrogen-bond acceptors (Lipinski definition) is 3. The predicted octanol–water partition coefficient (Wildman–Crippen LogP) is 5.99. The molecule has 3 nitrogen and oxygen atoms in total. The molecule has 0 aromatic heterocycles. The molecule has 0 saturated heterocycles. The second-order valence-electron chi connectivity index (χ2n) is 7.27. The topological polar surface area (TPSA) is 60.7 Å². The Morgan fingerprint density at radius 2 is 0.840 bits per heavy atom. The lowest BCUT2D eigenvalue weighted by atomic mass is 10.1. The molecule has 0 aromatic carbocycles. The van der Waals surface area contributed by atoms with Crippen molar-refractivity contribution in [1.82, 2.24) is 0 Å². The van der Waals surface area contributed by atoms with Crippen molar-refractivity contribution in [1.29, 1.82) is 0 Å². The van der Waals surface area contributed by atoms with Gasteiger partial charge in [0.25, 0.3) is 0 Å². The van der Waals surface area contributed by atoms with E-state index in [1.807, 2.05) is 0 Å². The van der Waals surface area contributed by atoms with E-state index in [9.17, 15) is 5.11 Å². The van der Waals surface area contributed by atoms with Crippen LogP contribution < -0.4 is 0 Å². The van der Waals surface area contributed by atoms with Crippen molar-refractivity contribution in [3.63, 3.8) is 0 Å². The number of aliphatic hydroxyl groups is 3. The highest BCUT2D eigenvalue weighted by Gasteiger charge is 2.02. The fraction of sp³-hybridized carbons (Fsp3) is 1.00. The minimum absolute atomic E-state index is 0.186. The molecule has 0 rings (SSSR count). The molecule has 0 saturated carbocycles. The summed E-state index contributed by atoms with van der Waals surface area (Å²) in [6.45, 7) is 5.03. The van der Waals surface area contributed by atoms with E-state index in [1.54, 1.807) is 0 Å². The van der Waals surface area contributed by atoms with Crippen LogP contribution in [-0.2, 0) is 0 Å². The van der Waals surface area contributed by atoms with Gasteiger partial charge in [0.1, 0.15) is 0 Å². The van der Waals surface area contributed by atoms with E-state index in [4.69, 9.17) is 10.2 Å². The molecule has 25 heavy (non-hydrogen) atoms. The van der Waals surface area contributed by atoms with Gasteiger partial charge in [-0.1, -0.05) is 97.3 Å². The zero-order chi connectivity index (χ0) is 19.0. The monoisotopic (exact) mass is 360 g/mol. The Balaban J connectivity index is 0. The molecule has 1 atom stereocenters. The molecular weight excluding hydrogens is 312 g/mol. The Morgan fingerprint density at radius 3 is 1.28 bits per heavy atom. The van der Waals surface area contributed by atoms with Gasteiger partial charge in [0, 0.05) is 13.2 Å². The van der Waals surface area contributed by atoms with E-state index in [0.29, 0.717) is 6.61 Å². The van der Waals surface area contributed by atoms with Gasteiger partial charge < -0.3 is 15.3 Å². The molecular formula is C22H48O3. The van der Waals surface area contributed by atoms with Gasteiger partial charge in [-0.3, -0.25) is 0 Å². The lowest BCUT2D eigenvalue weighted by Crippen LogP contribution is -2.06. The summed E-state index contributed by atoms with van der Waals surface area (Å²) >= 11 is 0. The number of rotatable bonds is 18. The van der Waals surface area contributed by atoms with Crippen molar-refractivity contribution in [3.8, 4) is 0 Å². The van der Waals surface area contributed by atoms with E-state index in [1.165, 1.54) is 77.0 Å². The van der Waals surface area contributed by atoms with E-state index in [-0.39, 0.29) is 12.7 Å². The first kappa shape index (κ1) is 27.1. The minimum Gasteiger partial charge on any atom is -0.396 e. The molecule has 0 aliphatic carbocycles. The largest absolute Gasteiger partial charge is 0.396 e. The summed E-state index contributed by atoms with van der Waals surface area (Å²) in [5.41, 5.74) is 0. The van der Waals surface area contributed by atoms with Gasteiger partial charge in [-0.25, -0.2) is 0 Å². The second-order valence-corrected chi connectivity index (χ2v) is 7.27. The predicted molar refractivity (Wildman–Crippen MR) is 110 cm³/mol. The molecule has 1 unspecified atom stereocenters. The van der Waals surface area contributed by atoms with E-state index in [2.05, 4.69) is 13.8 Å². The molecule has 0 aliphatic heterocycles. The maximum absolute atomic E-state index is 9.43. The third kappa shape index (κ3) is 28.9. The van der Waals surface area contributed by atoms with Crippen LogP contribution in [0.3, 0.4) is 0 Å². The van der Waals surface area contributed by atoms with E-state index >= 15 is 0 Å². The van der Waals surface area contributed by atoms with Crippen molar-refractivity contribution >= 4 is 0 Å². The fourth-order valence-electron chi connectivity index (χ4n) is 2.88. The zero-order valence-electron chi connectivity index (χ0n) is 17.4. The number of unbranched alkanes of at least 4 members (excludes halogenated alkanes) is 12. The molecule has 0 bridgehead atoms. The van der Waals surface area contributed by atoms with Crippen LogP contribution in [-0.4, -0.2) is 34.6 Å². The van der Waals surface area contributed by atoms with E-state index in [0.717, 1.165) is 32.1 Å². The van der Waals surface area contributed by atoms with Gasteiger partial charge in [0.15, 0.2) is 0 Å². The van der Waals surface area contributed by atoms with Crippen LogP contribution in [0.2, 0.25) is 0 Å². The highest BCUT2D eigenvalue weighted by Crippen LogP contribution is 2.10. The van der Waals surface area contributed by atoms with Crippen LogP contribution in [0.1, 0.15) is 123 Å². The fourth-order valence-corrected chi connectivity index (χ4v) is 2.88. The molecule has 0 radical (unpaired) electrons. The van der Waals surface area contributed by atoms with Crippen molar-refractivity contribution in [2.45, 2.75) is 129 Å². The Labute approximate surface area is 158 Å². The molecule has 3 N–H and O–H groups in total. The standard InChI is InChI=1S/C11H24O2.C11H24O/c1-2-3-4-5-6-8-11(13)9-7-10-12;1-2-3-4-5-6-7-8-9-10-11-12/h11-13H,2-10H2,1H3;12H,2-11H2,1H3. The Kier molecular flexibility index (Phi) is 28.3. The summed E-state index contributed by atoms with van der Waals surface area (Å²) in [5, 5.41) is 26.5. The number of aliphatic hydroxyl groups excluding tert-OH is 3. The van der Waals surface area contributed by atoms with Gasteiger partial charge in [-0.05, 0) is 25.7 Å². The first-order valence-corrected chi connectivity index (χ1v) is 11.1. The average molecular weight is 361 g/mol. The molecule has 0 fully saturated rings. The zero-order valence-corrected chi connectivity index (χ0v) is 17.4. The SMILES string of the molecule is CCCCCCCC(O)CCCO.CCCCCCCCCCCO. The first-order valence-electron chi connectivity index (χ1n) is 11.1. The second kappa shape index (κ2) is 26.1. The van der Waals surface area contributed by atoms with Gasteiger partial charge in [-0.2, -0.15) is 0 Å². The smallest absolute Gasteiger partial charge is 0.0541 e. The van der Waals surface area contributed by atoms with Crippen molar-refractivity contribution < 1.29 is 15.3 Å². The summed E-state index contributed by atoms with van der Waals surface area (Å²) in [6.07, 6.45) is 20.3. The molecule has 154 valence electrons. The van der Waals surface area contributed by atoms with Gasteiger partial charge in [0.2, 0.25) is 0 Å². The molecule has 0 aliphatic rings. The maximum Gasteiger partial charge on any atom is 0.0541 e. The van der Waals surface area contributed by atoms with Crippen LogP contribution in [0.4, 0.5) is 0 Å². The molecule has 0 aromatic rings. The highest BCUT2D eigenvalue weighted by molar-refractivity contribution is 4.56. The molecule has 0 heterocycles. The first-order chi connectivity index (χ1) is 12.2. The number of hydrogen-bond donors (Lipinski definition) is 3. The highest BCUT2D eigenvalue weighted by atomic mass is 16.3. The normalized spacial score (nSPS) is 11.9. The maximum atomic E-state index is 9.43. The van der Waals surface area contributed by atoms with Crippen LogP contribution >= 0.6 is 0 Å². The summed E-state index contributed by atoms with van der Waals surface area (Å²) in [7, 11) is 0. The molecule has 0 amide bonds. The van der Waals surface area contributed by atoms with Crippen LogP contribution in [0.25, 0.3) is 0 Å². The average Bonchev–Trinajstić information content (AvgIpc) is 2.62. The molecule has 0 spiro atoms. The van der Waals surface area contributed by atoms with Gasteiger partial charge >= 0.3 is 0 Å². The Hall–Kier alpha value is -0.120. The Morgan fingerprint density at radius 1 is 0.480 bits per heavy atom. The van der Waals surface area contributed by atoms with E-state index < -0.39 is 0 Å². The lowest BCUT2D eigenvalue weighted by Gasteiger charge is -2.08. The van der Waals surface area contributed by atoms with Crippen LogP contribution in [0, 0.1) is 0 Å². The quantitative estimate of drug-likeness (QED) is 0.263. The summed E-state index contributed by atoms with van der Waals surface area (Å²) in [4.78, 5) is 0. The lowest BCUT2D eigenvalue weighted by molar-refractivity contribution is 0.138. The van der Waals surface area contributed by atoms with Crippen LogP contribution in [0.5, 0.6) is 0 Å². The van der Waals surface area contributed by atoms with Crippen molar-refractivity contribution in [3.05, 3.63) is 0 Å². The van der Waals surface area contributed by atoms with Gasteiger partial charge in [-0.15, -0.1) is 0 Å². The minimum atomic E-state index is -0.186. The van der Waals surface area contributed by atoms with Crippen LogP contribution in [0.15, 0.2) is 0 Å². The molecule has 3 heteroatoms. The summed E-state index contributed by atoms with van der Waals surface area (Å²) < 4.78 is 0. The third-order valence-electron chi connectivity index (χ3n) is 4.60. The Bertz CT molecular complexity index is 199. The van der Waals surface area contributed by atoms with Crippen molar-refractivity contribution in [2.24, 2.45) is 0 Å². The van der Waals surface area contributed by atoms with Crippen molar-refractivity contribution in [2.75, 3.05) is 13.2 Å². The third-order valence-corrected chi connectivity index (χ3v) is 4.60. The van der Waals surface area contributed by atoms with Gasteiger partial charge in [0.05, 0.1) is 6.10 Å². The summed E-state index contributed by atoms with van der Waals surface area (Å²) in [6, 6.07) is 0.